The maximum Gasteiger partial charge on any atom is 0.0334 e. The van der Waals surface area contributed by atoms with Gasteiger partial charge in [0.2, 0.25) is 0 Å². The van der Waals surface area contributed by atoms with Crippen molar-refractivity contribution < 1.29 is 0 Å². The summed E-state index contributed by atoms with van der Waals surface area (Å²) >= 11 is 0. The topological polar surface area (TPSA) is 38.0 Å². The largest absolute Gasteiger partial charge is 0.388 e. The summed E-state index contributed by atoms with van der Waals surface area (Å²) in [6.07, 6.45) is 9.80. The van der Waals surface area contributed by atoms with Gasteiger partial charge in [-0.3, -0.25) is 0 Å². The molecule has 0 aliphatic heterocycles. The average Bonchev–Trinajstić information content (AvgIpc) is 2.03. The molecule has 0 rings (SSSR count). The molecule has 11 heavy (non-hydrogen) atoms. The summed E-state index contributed by atoms with van der Waals surface area (Å²) in [6, 6.07) is 0. The van der Waals surface area contributed by atoms with Crippen LogP contribution in [0.5, 0.6) is 0 Å². The molecular weight excluding hydrogens is 136 g/mol. The highest BCUT2D eigenvalue weighted by molar-refractivity contribution is 5.21. The van der Waals surface area contributed by atoms with E-state index in [0.29, 0.717) is 6.54 Å². The Morgan fingerprint density at radius 3 is 2.73 bits per heavy atom. The van der Waals surface area contributed by atoms with Crippen LogP contribution in [-0.2, 0) is 0 Å². The number of allylic oxidation sites excluding steroid dienone is 4. The fourth-order valence-electron chi connectivity index (χ4n) is 0.652. The average molecular weight is 152 g/mol. The maximum absolute atomic E-state index is 5.28. The highest BCUT2D eigenvalue weighted by Gasteiger charge is 1.79. The molecule has 62 valence electrons. The van der Waals surface area contributed by atoms with Gasteiger partial charge in [0.1, 0.15) is 0 Å². The molecule has 0 heterocycles. The van der Waals surface area contributed by atoms with Crippen molar-refractivity contribution in [2.45, 2.75) is 6.92 Å². The second kappa shape index (κ2) is 7.09. The molecule has 0 amide bonds. The molecule has 0 radical (unpaired) electrons. The van der Waals surface area contributed by atoms with Gasteiger partial charge in [-0.05, 0) is 19.1 Å². The van der Waals surface area contributed by atoms with Gasteiger partial charge in [-0.15, -0.1) is 0 Å². The second-order valence-corrected chi connectivity index (χ2v) is 2.04. The molecule has 2 nitrogen and oxygen atoms in total. The molecule has 0 aromatic rings. The lowest BCUT2D eigenvalue weighted by Crippen LogP contribution is -2.02. The number of nitrogens with two attached hydrogens (primary N) is 1. The first-order valence-electron chi connectivity index (χ1n) is 3.72. The van der Waals surface area contributed by atoms with Crippen LogP contribution >= 0.6 is 0 Å². The van der Waals surface area contributed by atoms with E-state index in [-0.39, 0.29) is 0 Å². The monoisotopic (exact) mass is 152 g/mol. The van der Waals surface area contributed by atoms with Crippen LogP contribution in [0.15, 0.2) is 36.1 Å². The van der Waals surface area contributed by atoms with Crippen molar-refractivity contribution in [2.75, 3.05) is 13.6 Å². The number of hydrogen-bond donors (Lipinski definition) is 2. The molecule has 0 saturated heterocycles. The lowest BCUT2D eigenvalue weighted by atomic mass is 10.3. The number of rotatable bonds is 4. The Morgan fingerprint density at radius 1 is 1.55 bits per heavy atom. The molecule has 0 saturated carbocycles. The molecule has 0 aliphatic carbocycles. The zero-order valence-corrected chi connectivity index (χ0v) is 7.17. The smallest absolute Gasteiger partial charge is 0.0334 e. The Hall–Kier alpha value is -1.02. The van der Waals surface area contributed by atoms with Crippen LogP contribution in [0.4, 0.5) is 0 Å². The molecule has 0 atom stereocenters. The molecule has 0 fully saturated rings. The van der Waals surface area contributed by atoms with E-state index in [1.165, 1.54) is 0 Å². The van der Waals surface area contributed by atoms with Crippen LogP contribution in [0.2, 0.25) is 0 Å². The molecule has 3 N–H and O–H groups in total. The van der Waals surface area contributed by atoms with Crippen LogP contribution in [-0.4, -0.2) is 13.6 Å². The summed E-state index contributed by atoms with van der Waals surface area (Å²) in [6.45, 7) is 2.57. The number of hydrogen-bond acceptors (Lipinski definition) is 2. The predicted octanol–water partition coefficient (Wildman–Crippen LogP) is 1.18. The Bertz CT molecular complexity index is 166. The van der Waals surface area contributed by atoms with Crippen LogP contribution in [0.1, 0.15) is 6.92 Å². The van der Waals surface area contributed by atoms with Gasteiger partial charge in [0.05, 0.1) is 0 Å². The molecule has 0 spiro atoms. The van der Waals surface area contributed by atoms with Crippen LogP contribution in [0.25, 0.3) is 0 Å². The van der Waals surface area contributed by atoms with Gasteiger partial charge in [-0.2, -0.15) is 0 Å². The summed E-state index contributed by atoms with van der Waals surface area (Å²) in [5, 5.41) is 3.04. The lowest BCUT2D eigenvalue weighted by Gasteiger charge is -1.96. The Labute approximate surface area is 68.5 Å². The summed E-state index contributed by atoms with van der Waals surface area (Å²) in [7, 11) is 1.89. The minimum absolute atomic E-state index is 0.587. The van der Waals surface area contributed by atoms with Crippen molar-refractivity contribution >= 4 is 0 Å². The SMILES string of the molecule is C\C=C/C(=C\C=C/CN)NC. The van der Waals surface area contributed by atoms with Crippen molar-refractivity contribution in [3.05, 3.63) is 36.1 Å². The van der Waals surface area contributed by atoms with Gasteiger partial charge in [0.15, 0.2) is 0 Å². The number of likely N-dealkylation sites (N-methyl/N-ethyl adjacent to an activating group) is 1. The zero-order valence-electron chi connectivity index (χ0n) is 7.17. The summed E-state index contributed by atoms with van der Waals surface area (Å²) in [4.78, 5) is 0. The van der Waals surface area contributed by atoms with Gasteiger partial charge >= 0.3 is 0 Å². The van der Waals surface area contributed by atoms with Gasteiger partial charge in [0.25, 0.3) is 0 Å². The van der Waals surface area contributed by atoms with Gasteiger partial charge in [0, 0.05) is 19.3 Å². The highest BCUT2D eigenvalue weighted by Crippen LogP contribution is 1.90. The fourth-order valence-corrected chi connectivity index (χ4v) is 0.652. The van der Waals surface area contributed by atoms with Crippen LogP contribution in [0.3, 0.4) is 0 Å². The van der Waals surface area contributed by atoms with Gasteiger partial charge in [-0.25, -0.2) is 0 Å². The third-order valence-corrected chi connectivity index (χ3v) is 1.18. The molecule has 0 bridgehead atoms. The van der Waals surface area contributed by atoms with E-state index in [4.69, 9.17) is 5.73 Å². The van der Waals surface area contributed by atoms with E-state index in [9.17, 15) is 0 Å². The first-order chi connectivity index (χ1) is 5.35. The Morgan fingerprint density at radius 2 is 2.27 bits per heavy atom. The standard InChI is InChI=1S/C9H16N2/c1-3-6-9(11-2)7-4-5-8-10/h3-7,11H,8,10H2,1-2H3/b5-4-,6-3-,9-7+. The van der Waals surface area contributed by atoms with Crippen molar-refractivity contribution in [1.82, 2.24) is 5.32 Å². The van der Waals surface area contributed by atoms with E-state index in [1.807, 2.05) is 44.4 Å². The van der Waals surface area contributed by atoms with E-state index >= 15 is 0 Å². The second-order valence-electron chi connectivity index (χ2n) is 2.04. The highest BCUT2D eigenvalue weighted by atomic mass is 14.8. The van der Waals surface area contributed by atoms with E-state index in [2.05, 4.69) is 5.32 Å². The first kappa shape index (κ1) is 9.98. The Balaban J connectivity index is 4.00. The normalized spacial score (nSPS) is 13.2. The van der Waals surface area contributed by atoms with E-state index < -0.39 is 0 Å². The molecule has 0 unspecified atom stereocenters. The van der Waals surface area contributed by atoms with E-state index in [1.54, 1.807) is 0 Å². The molecule has 2 heteroatoms. The summed E-state index contributed by atoms with van der Waals surface area (Å²) < 4.78 is 0. The quantitative estimate of drug-likeness (QED) is 0.594. The molecular formula is C9H16N2. The van der Waals surface area contributed by atoms with Gasteiger partial charge in [-0.1, -0.05) is 18.2 Å². The molecule has 0 aliphatic rings. The maximum atomic E-state index is 5.28. The van der Waals surface area contributed by atoms with Crippen molar-refractivity contribution in [3.63, 3.8) is 0 Å². The van der Waals surface area contributed by atoms with Crippen LogP contribution in [0, 0.1) is 0 Å². The lowest BCUT2D eigenvalue weighted by molar-refractivity contribution is 1.03. The predicted molar refractivity (Wildman–Crippen MR) is 50.2 cm³/mol. The van der Waals surface area contributed by atoms with Crippen molar-refractivity contribution in [1.29, 1.82) is 0 Å². The van der Waals surface area contributed by atoms with E-state index in [0.717, 1.165) is 5.70 Å². The third kappa shape index (κ3) is 5.43. The van der Waals surface area contributed by atoms with Gasteiger partial charge < -0.3 is 11.1 Å². The number of nitrogens with one attached hydrogen (secondary N) is 1. The minimum Gasteiger partial charge on any atom is -0.388 e. The first-order valence-corrected chi connectivity index (χ1v) is 3.72. The summed E-state index contributed by atoms with van der Waals surface area (Å²) in [5.41, 5.74) is 6.36. The summed E-state index contributed by atoms with van der Waals surface area (Å²) in [5.74, 6) is 0. The van der Waals surface area contributed by atoms with Crippen LogP contribution < -0.4 is 11.1 Å². The fraction of sp³-hybridized carbons (Fsp3) is 0.333. The zero-order chi connectivity index (χ0) is 8.53. The van der Waals surface area contributed by atoms with Crippen molar-refractivity contribution in [2.24, 2.45) is 5.73 Å². The minimum atomic E-state index is 0.587. The molecule has 0 aromatic carbocycles. The third-order valence-electron chi connectivity index (χ3n) is 1.18. The molecule has 0 aromatic heterocycles. The van der Waals surface area contributed by atoms with Crippen molar-refractivity contribution in [3.8, 4) is 0 Å². The Kier molecular flexibility index (Phi) is 6.43.